The van der Waals surface area contributed by atoms with Gasteiger partial charge in [0.2, 0.25) is 0 Å². The third-order valence-corrected chi connectivity index (χ3v) is 3.30. The molecule has 0 saturated heterocycles. The van der Waals surface area contributed by atoms with Gasteiger partial charge in [0.05, 0.1) is 23.1 Å². The number of aromatic nitrogens is 2. The van der Waals surface area contributed by atoms with Crippen molar-refractivity contribution in [2.75, 3.05) is 0 Å². The van der Waals surface area contributed by atoms with E-state index in [0.29, 0.717) is 23.6 Å². The second-order valence-electron chi connectivity index (χ2n) is 4.83. The third kappa shape index (κ3) is 1.74. The van der Waals surface area contributed by atoms with Gasteiger partial charge in [0, 0.05) is 6.42 Å². The summed E-state index contributed by atoms with van der Waals surface area (Å²) < 4.78 is 14.9. The molecule has 0 aliphatic heterocycles. The quantitative estimate of drug-likeness (QED) is 0.773. The van der Waals surface area contributed by atoms with Gasteiger partial charge in [-0.25, -0.2) is 9.07 Å². The lowest BCUT2D eigenvalue weighted by Gasteiger charge is -2.18. The maximum atomic E-state index is 13.2. The van der Waals surface area contributed by atoms with Crippen molar-refractivity contribution in [1.82, 2.24) is 9.78 Å². The Kier molecular flexibility index (Phi) is 2.51. The first kappa shape index (κ1) is 11.1. The number of hydrogen-bond donors (Lipinski definition) is 0. The molecule has 92 valence electrons. The minimum absolute atomic E-state index is 0.131. The Bertz CT molecular complexity index is 618. The van der Waals surface area contributed by atoms with Gasteiger partial charge in [-0.3, -0.25) is 4.79 Å². The predicted molar refractivity (Wildman–Crippen MR) is 65.3 cm³/mol. The van der Waals surface area contributed by atoms with E-state index in [1.54, 1.807) is 23.0 Å². The summed E-state index contributed by atoms with van der Waals surface area (Å²) in [6.45, 7) is 2.05. The summed E-state index contributed by atoms with van der Waals surface area (Å²) in [6.07, 6.45) is 2.97. The normalized spacial score (nSPS) is 18.8. The van der Waals surface area contributed by atoms with Crippen LogP contribution < -0.4 is 0 Å². The Hall–Kier alpha value is -1.97. The molecule has 1 atom stereocenters. The number of halogens is 1. The molecule has 0 N–H and O–H groups in total. The number of carbonyl (C=O) groups excluding carboxylic acids is 1. The number of ketones is 1. The number of Topliss-reactive ketones (excluding diaryl/α,β-unsaturated/α-hetero) is 1. The van der Waals surface area contributed by atoms with Crippen molar-refractivity contribution < 1.29 is 9.18 Å². The van der Waals surface area contributed by atoms with Crippen LogP contribution >= 0.6 is 0 Å². The fourth-order valence-corrected chi connectivity index (χ4v) is 2.46. The predicted octanol–water partition coefficient (Wildman–Crippen LogP) is 2.78. The smallest absolute Gasteiger partial charge is 0.166 e. The van der Waals surface area contributed by atoms with E-state index in [4.69, 9.17) is 0 Å². The van der Waals surface area contributed by atoms with Crippen LogP contribution in [-0.4, -0.2) is 15.6 Å². The van der Waals surface area contributed by atoms with Gasteiger partial charge in [-0.1, -0.05) is 13.0 Å². The third-order valence-electron chi connectivity index (χ3n) is 3.30. The van der Waals surface area contributed by atoms with Gasteiger partial charge < -0.3 is 0 Å². The van der Waals surface area contributed by atoms with E-state index in [0.717, 1.165) is 12.1 Å². The van der Waals surface area contributed by atoms with Crippen LogP contribution in [0.5, 0.6) is 0 Å². The van der Waals surface area contributed by atoms with E-state index in [1.165, 1.54) is 12.1 Å². The summed E-state index contributed by atoms with van der Waals surface area (Å²) in [7, 11) is 0. The highest BCUT2D eigenvalue weighted by Crippen LogP contribution is 2.27. The van der Waals surface area contributed by atoms with Crippen molar-refractivity contribution in [3.05, 3.63) is 47.5 Å². The van der Waals surface area contributed by atoms with Crippen molar-refractivity contribution in [3.8, 4) is 5.69 Å². The van der Waals surface area contributed by atoms with E-state index in [9.17, 15) is 9.18 Å². The molecule has 0 unspecified atom stereocenters. The van der Waals surface area contributed by atoms with E-state index < -0.39 is 0 Å². The fourth-order valence-electron chi connectivity index (χ4n) is 2.46. The lowest BCUT2D eigenvalue weighted by molar-refractivity contribution is 0.0952. The number of benzene rings is 1. The van der Waals surface area contributed by atoms with Gasteiger partial charge >= 0.3 is 0 Å². The zero-order valence-electron chi connectivity index (χ0n) is 10.1. The zero-order chi connectivity index (χ0) is 12.7. The van der Waals surface area contributed by atoms with Crippen molar-refractivity contribution >= 4 is 5.78 Å². The Morgan fingerprint density at radius 3 is 3.00 bits per heavy atom. The maximum absolute atomic E-state index is 13.2. The average molecular weight is 244 g/mol. The van der Waals surface area contributed by atoms with Crippen LogP contribution in [0.15, 0.2) is 30.5 Å². The van der Waals surface area contributed by atoms with Crippen molar-refractivity contribution in [2.45, 2.75) is 19.8 Å². The maximum Gasteiger partial charge on any atom is 0.166 e. The molecule has 1 aliphatic rings. The van der Waals surface area contributed by atoms with Crippen LogP contribution in [0.25, 0.3) is 5.69 Å². The summed E-state index contributed by atoms with van der Waals surface area (Å²) in [5.74, 6) is 0.146. The van der Waals surface area contributed by atoms with E-state index >= 15 is 0 Å². The van der Waals surface area contributed by atoms with Crippen LogP contribution in [0.4, 0.5) is 4.39 Å². The van der Waals surface area contributed by atoms with Gasteiger partial charge in [-0.15, -0.1) is 0 Å². The molecule has 3 nitrogen and oxygen atoms in total. The van der Waals surface area contributed by atoms with Gasteiger partial charge in [0.1, 0.15) is 5.82 Å². The van der Waals surface area contributed by atoms with Crippen molar-refractivity contribution in [2.24, 2.45) is 5.92 Å². The summed E-state index contributed by atoms with van der Waals surface area (Å²) in [5.41, 5.74) is 2.24. The molecule has 0 spiro atoms. The Morgan fingerprint density at radius 2 is 2.22 bits per heavy atom. The summed E-state index contributed by atoms with van der Waals surface area (Å²) in [6, 6.07) is 6.26. The standard InChI is InChI=1S/C14H13FN2O/c1-9-5-13-12(14(18)6-9)8-16-17(13)11-4-2-3-10(15)7-11/h2-4,7-9H,5-6H2,1H3/t9-/m1/s1. The Morgan fingerprint density at radius 1 is 1.39 bits per heavy atom. The van der Waals surface area contributed by atoms with Gasteiger partial charge in [-0.05, 0) is 30.5 Å². The van der Waals surface area contributed by atoms with Crippen molar-refractivity contribution in [1.29, 1.82) is 0 Å². The molecule has 0 saturated carbocycles. The molecule has 0 fully saturated rings. The summed E-state index contributed by atoms with van der Waals surface area (Å²) >= 11 is 0. The first-order valence-electron chi connectivity index (χ1n) is 6.01. The highest BCUT2D eigenvalue weighted by molar-refractivity contribution is 5.98. The van der Waals surface area contributed by atoms with Crippen LogP contribution in [0.1, 0.15) is 29.4 Å². The number of fused-ring (bicyclic) bond motifs is 1. The number of carbonyl (C=O) groups is 1. The molecular formula is C14H13FN2O. The fraction of sp³-hybridized carbons (Fsp3) is 0.286. The lowest BCUT2D eigenvalue weighted by atomic mass is 9.88. The number of hydrogen-bond acceptors (Lipinski definition) is 2. The molecule has 18 heavy (non-hydrogen) atoms. The highest BCUT2D eigenvalue weighted by Gasteiger charge is 2.26. The Balaban J connectivity index is 2.12. The summed E-state index contributed by atoms with van der Waals surface area (Å²) in [4.78, 5) is 11.9. The van der Waals surface area contributed by atoms with Gasteiger partial charge in [0.15, 0.2) is 5.78 Å². The zero-order valence-corrected chi connectivity index (χ0v) is 10.1. The van der Waals surface area contributed by atoms with E-state index in [-0.39, 0.29) is 11.6 Å². The largest absolute Gasteiger partial charge is 0.294 e. The molecule has 1 aromatic heterocycles. The van der Waals surface area contributed by atoms with Crippen LogP contribution in [0.3, 0.4) is 0 Å². The SMILES string of the molecule is C[C@H]1CC(=O)c2cnn(-c3cccc(F)c3)c2C1. The minimum Gasteiger partial charge on any atom is -0.294 e. The first-order valence-corrected chi connectivity index (χ1v) is 6.01. The highest BCUT2D eigenvalue weighted by atomic mass is 19.1. The molecule has 2 aromatic rings. The second-order valence-corrected chi connectivity index (χ2v) is 4.83. The van der Waals surface area contributed by atoms with Crippen molar-refractivity contribution in [3.63, 3.8) is 0 Å². The minimum atomic E-state index is -0.299. The van der Waals surface area contributed by atoms with Gasteiger partial charge in [0.25, 0.3) is 0 Å². The summed E-state index contributed by atoms with van der Waals surface area (Å²) in [5, 5.41) is 4.22. The monoisotopic (exact) mass is 244 g/mol. The molecule has 4 heteroatoms. The first-order chi connectivity index (χ1) is 8.65. The molecule has 0 amide bonds. The number of nitrogens with zero attached hydrogens (tertiary/aromatic N) is 2. The topological polar surface area (TPSA) is 34.9 Å². The van der Waals surface area contributed by atoms with E-state index in [2.05, 4.69) is 5.10 Å². The molecule has 0 bridgehead atoms. The second kappa shape index (κ2) is 4.05. The molecule has 1 aliphatic carbocycles. The van der Waals surface area contributed by atoms with Crippen LogP contribution in [-0.2, 0) is 6.42 Å². The lowest BCUT2D eigenvalue weighted by Crippen LogP contribution is -2.19. The van der Waals surface area contributed by atoms with Crippen LogP contribution in [0.2, 0.25) is 0 Å². The van der Waals surface area contributed by atoms with Gasteiger partial charge in [-0.2, -0.15) is 5.10 Å². The van der Waals surface area contributed by atoms with Crippen LogP contribution in [0, 0.1) is 11.7 Å². The molecule has 1 heterocycles. The number of rotatable bonds is 1. The Labute approximate surface area is 104 Å². The average Bonchev–Trinajstić information content (AvgIpc) is 2.72. The molecule has 0 radical (unpaired) electrons. The van der Waals surface area contributed by atoms with E-state index in [1.807, 2.05) is 6.92 Å². The molecule has 3 rings (SSSR count). The molecular weight excluding hydrogens is 231 g/mol. The molecule has 1 aromatic carbocycles.